The third kappa shape index (κ3) is 4.59. The highest BCUT2D eigenvalue weighted by Gasteiger charge is 2.41. The van der Waals surface area contributed by atoms with Crippen molar-refractivity contribution in [2.45, 2.75) is 39.0 Å². The van der Waals surface area contributed by atoms with Crippen molar-refractivity contribution in [1.82, 2.24) is 20.0 Å². The maximum absolute atomic E-state index is 13.4. The minimum absolute atomic E-state index is 0.0217. The smallest absolute Gasteiger partial charge is 0.238 e. The lowest BCUT2D eigenvalue weighted by atomic mass is 9.73. The highest BCUT2D eigenvalue weighted by Crippen LogP contribution is 2.36. The molecular weight excluding hydrogens is 454 g/mol. The van der Waals surface area contributed by atoms with Crippen LogP contribution in [0.25, 0.3) is 5.82 Å². The second kappa shape index (κ2) is 9.91. The van der Waals surface area contributed by atoms with Crippen LogP contribution < -0.4 is 10.1 Å². The summed E-state index contributed by atoms with van der Waals surface area (Å²) in [6, 6.07) is 20.8. The molecule has 1 amide bonds. The molecule has 5 rings (SSSR count). The summed E-state index contributed by atoms with van der Waals surface area (Å²) >= 11 is 0. The number of nitrogens with zero attached hydrogens (tertiary/aromatic N) is 4. The van der Waals surface area contributed by atoms with Crippen LogP contribution in [0, 0.1) is 20.8 Å². The summed E-state index contributed by atoms with van der Waals surface area (Å²) in [6.45, 7) is 7.14. The van der Waals surface area contributed by atoms with E-state index >= 15 is 0 Å². The van der Waals surface area contributed by atoms with Gasteiger partial charge in [-0.25, -0.2) is 4.68 Å². The molecule has 36 heavy (non-hydrogen) atoms. The van der Waals surface area contributed by atoms with Gasteiger partial charge in [0.15, 0.2) is 5.82 Å². The number of aromatic nitrogens is 4. The Bertz CT molecular complexity index is 1340. The summed E-state index contributed by atoms with van der Waals surface area (Å²) in [7, 11) is 0. The third-order valence-electron chi connectivity index (χ3n) is 6.94. The van der Waals surface area contributed by atoms with Gasteiger partial charge in [-0.2, -0.15) is 5.10 Å². The molecule has 1 fully saturated rings. The quantitative estimate of drug-likeness (QED) is 0.412. The zero-order valence-electron chi connectivity index (χ0n) is 20.7. The van der Waals surface area contributed by atoms with Gasteiger partial charge in [0.05, 0.1) is 11.1 Å². The van der Waals surface area contributed by atoms with Crippen molar-refractivity contribution in [2.24, 2.45) is 0 Å². The van der Waals surface area contributed by atoms with Crippen LogP contribution in [0.3, 0.4) is 0 Å². The number of aryl methyl sites for hydroxylation is 1. The molecule has 0 spiro atoms. The molecule has 1 saturated heterocycles. The van der Waals surface area contributed by atoms with Gasteiger partial charge in [0.2, 0.25) is 11.8 Å². The van der Waals surface area contributed by atoms with Crippen LogP contribution in [0.2, 0.25) is 0 Å². The van der Waals surface area contributed by atoms with Crippen LogP contribution in [0.1, 0.15) is 35.4 Å². The first kappa shape index (κ1) is 23.7. The zero-order valence-corrected chi connectivity index (χ0v) is 20.7. The zero-order chi connectivity index (χ0) is 25.1. The van der Waals surface area contributed by atoms with Gasteiger partial charge in [-0.3, -0.25) is 4.79 Å². The van der Waals surface area contributed by atoms with Crippen molar-refractivity contribution in [3.05, 3.63) is 89.2 Å². The number of hydrogen-bond acceptors (Lipinski definition) is 6. The summed E-state index contributed by atoms with van der Waals surface area (Å²) in [4.78, 5) is 13.4. The van der Waals surface area contributed by atoms with Crippen molar-refractivity contribution in [3.63, 3.8) is 0 Å². The average molecular weight is 484 g/mol. The van der Waals surface area contributed by atoms with Crippen molar-refractivity contribution in [1.29, 1.82) is 0 Å². The summed E-state index contributed by atoms with van der Waals surface area (Å²) in [6.07, 6.45) is 1.30. The molecular formula is C28H29N5O3. The van der Waals surface area contributed by atoms with E-state index in [-0.39, 0.29) is 5.91 Å². The fourth-order valence-electron chi connectivity index (χ4n) is 4.53. The fourth-order valence-corrected chi connectivity index (χ4v) is 4.53. The first-order valence-electron chi connectivity index (χ1n) is 12.1. The summed E-state index contributed by atoms with van der Waals surface area (Å²) in [5, 5.41) is 16.1. The van der Waals surface area contributed by atoms with Crippen molar-refractivity contribution < 1.29 is 14.3 Å². The molecule has 3 heterocycles. The SMILES string of the molecule is Cc1nn(-c2ccc(Oc3ccc(NC(=O)C4(c5ccccc5)CCOCC4)cc3)nn2)c(C)c1C. The fraction of sp³-hybridized carbons (Fsp3) is 0.286. The second-order valence-corrected chi connectivity index (χ2v) is 9.08. The van der Waals surface area contributed by atoms with Crippen molar-refractivity contribution in [2.75, 3.05) is 18.5 Å². The Labute approximate surface area is 210 Å². The average Bonchev–Trinajstić information content (AvgIpc) is 3.18. The number of hydrogen-bond donors (Lipinski definition) is 1. The number of nitrogens with one attached hydrogen (secondary N) is 1. The number of amides is 1. The van der Waals surface area contributed by atoms with Gasteiger partial charge in [0.1, 0.15) is 5.75 Å². The summed E-state index contributed by atoms with van der Waals surface area (Å²) in [5.41, 5.74) is 4.25. The van der Waals surface area contributed by atoms with Crippen molar-refractivity contribution in [3.8, 4) is 17.4 Å². The standard InChI is InChI=1S/C28H29N5O3/c1-19-20(2)32-33(21(19)3)25-13-14-26(31-30-25)36-24-11-9-23(10-12-24)29-27(34)28(15-17-35-18-16-28)22-7-5-4-6-8-22/h4-14H,15-18H2,1-3H3,(H,29,34). The lowest BCUT2D eigenvalue weighted by Gasteiger charge is -2.36. The predicted octanol–water partition coefficient (Wildman–Crippen LogP) is 5.07. The Kier molecular flexibility index (Phi) is 6.52. The van der Waals surface area contributed by atoms with E-state index in [2.05, 4.69) is 20.6 Å². The van der Waals surface area contributed by atoms with Gasteiger partial charge in [0, 0.05) is 30.7 Å². The number of carbonyl (C=O) groups excluding carboxylic acids is 1. The van der Waals surface area contributed by atoms with Gasteiger partial charge in [-0.05, 0) is 75.1 Å². The van der Waals surface area contributed by atoms with Gasteiger partial charge < -0.3 is 14.8 Å². The number of anilines is 1. The van der Waals surface area contributed by atoms with E-state index in [9.17, 15) is 4.79 Å². The van der Waals surface area contributed by atoms with Crippen LogP contribution in [0.4, 0.5) is 5.69 Å². The molecule has 8 heteroatoms. The molecule has 184 valence electrons. The lowest BCUT2D eigenvalue weighted by Crippen LogP contribution is -2.44. The molecule has 8 nitrogen and oxygen atoms in total. The number of benzene rings is 2. The van der Waals surface area contributed by atoms with Crippen molar-refractivity contribution >= 4 is 11.6 Å². The van der Waals surface area contributed by atoms with E-state index in [4.69, 9.17) is 9.47 Å². The molecule has 1 N–H and O–H groups in total. The van der Waals surface area contributed by atoms with E-state index in [0.717, 1.165) is 22.5 Å². The molecule has 0 atom stereocenters. The maximum atomic E-state index is 13.4. The van der Waals surface area contributed by atoms with Crippen LogP contribution >= 0.6 is 0 Å². The summed E-state index contributed by atoms with van der Waals surface area (Å²) in [5.74, 6) is 1.58. The van der Waals surface area contributed by atoms with Gasteiger partial charge >= 0.3 is 0 Å². The predicted molar refractivity (Wildman–Crippen MR) is 137 cm³/mol. The van der Waals surface area contributed by atoms with Gasteiger partial charge in [-0.1, -0.05) is 30.3 Å². The Morgan fingerprint density at radius 3 is 2.28 bits per heavy atom. The topological polar surface area (TPSA) is 91.2 Å². The monoisotopic (exact) mass is 483 g/mol. The maximum Gasteiger partial charge on any atom is 0.238 e. The molecule has 0 unspecified atom stereocenters. The minimum Gasteiger partial charge on any atom is -0.438 e. The van der Waals surface area contributed by atoms with Crippen LogP contribution in [0.5, 0.6) is 11.6 Å². The second-order valence-electron chi connectivity index (χ2n) is 9.08. The molecule has 0 radical (unpaired) electrons. The Balaban J connectivity index is 1.27. The molecule has 4 aromatic rings. The Morgan fingerprint density at radius 2 is 1.67 bits per heavy atom. The normalized spacial score (nSPS) is 14.9. The molecule has 0 saturated carbocycles. The molecule has 2 aromatic carbocycles. The molecule has 1 aliphatic heterocycles. The first-order chi connectivity index (χ1) is 17.5. The highest BCUT2D eigenvalue weighted by atomic mass is 16.5. The minimum atomic E-state index is -0.601. The van der Waals surface area contributed by atoms with E-state index in [1.807, 2.05) is 69.3 Å². The van der Waals surface area contributed by atoms with Gasteiger partial charge in [-0.15, -0.1) is 10.2 Å². The Morgan fingerprint density at radius 1 is 0.944 bits per heavy atom. The van der Waals surface area contributed by atoms with E-state index in [1.165, 1.54) is 0 Å². The molecule has 0 bridgehead atoms. The molecule has 0 aliphatic carbocycles. The number of rotatable bonds is 6. The van der Waals surface area contributed by atoms with E-state index in [1.54, 1.807) is 22.9 Å². The lowest BCUT2D eigenvalue weighted by molar-refractivity contribution is -0.125. The first-order valence-corrected chi connectivity index (χ1v) is 12.1. The molecule has 1 aliphatic rings. The van der Waals surface area contributed by atoms with Crippen LogP contribution in [-0.2, 0) is 14.9 Å². The summed E-state index contributed by atoms with van der Waals surface area (Å²) < 4.78 is 13.2. The van der Waals surface area contributed by atoms with E-state index in [0.29, 0.717) is 49.2 Å². The van der Waals surface area contributed by atoms with Gasteiger partial charge in [0.25, 0.3) is 0 Å². The third-order valence-corrected chi connectivity index (χ3v) is 6.94. The van der Waals surface area contributed by atoms with Crippen LogP contribution in [0.15, 0.2) is 66.7 Å². The number of ether oxygens (including phenoxy) is 2. The number of carbonyl (C=O) groups is 1. The van der Waals surface area contributed by atoms with E-state index < -0.39 is 5.41 Å². The largest absolute Gasteiger partial charge is 0.438 e. The Hall–Kier alpha value is -4.04. The van der Waals surface area contributed by atoms with Crippen LogP contribution in [-0.4, -0.2) is 39.1 Å². The highest BCUT2D eigenvalue weighted by molar-refractivity contribution is 5.99. The molecule has 2 aromatic heterocycles.